The van der Waals surface area contributed by atoms with Crippen LogP contribution in [0.25, 0.3) is 5.82 Å². The summed E-state index contributed by atoms with van der Waals surface area (Å²) >= 11 is 0. The van der Waals surface area contributed by atoms with Gasteiger partial charge in [-0.3, -0.25) is 4.79 Å². The monoisotopic (exact) mass is 338 g/mol. The minimum Gasteiger partial charge on any atom is -0.349 e. The molecule has 0 saturated heterocycles. The third kappa shape index (κ3) is 3.91. The van der Waals surface area contributed by atoms with Crippen LogP contribution in [0, 0.1) is 12.7 Å². The average molecular weight is 338 g/mol. The number of nitrogens with one attached hydrogen (secondary N) is 1. The first-order valence-corrected chi connectivity index (χ1v) is 8.04. The topological polar surface area (TPSA) is 59.8 Å². The Morgan fingerprint density at radius 1 is 1.24 bits per heavy atom. The number of pyridine rings is 1. The van der Waals surface area contributed by atoms with Gasteiger partial charge in [0.1, 0.15) is 5.82 Å². The second kappa shape index (κ2) is 7.25. The molecule has 0 aliphatic carbocycles. The van der Waals surface area contributed by atoms with Crippen LogP contribution in [-0.2, 0) is 11.2 Å². The van der Waals surface area contributed by atoms with Crippen LogP contribution in [0.1, 0.15) is 29.8 Å². The predicted octanol–water partition coefficient (Wildman–Crippen LogP) is 3.13. The molecule has 1 atom stereocenters. The number of rotatable bonds is 5. The van der Waals surface area contributed by atoms with Crippen LogP contribution >= 0.6 is 0 Å². The van der Waals surface area contributed by atoms with E-state index in [1.54, 1.807) is 29.2 Å². The lowest BCUT2D eigenvalue weighted by Gasteiger charge is -2.14. The molecule has 3 rings (SSSR count). The lowest BCUT2D eigenvalue weighted by molar-refractivity contribution is -0.121. The van der Waals surface area contributed by atoms with E-state index in [1.165, 1.54) is 12.1 Å². The van der Waals surface area contributed by atoms with Crippen LogP contribution < -0.4 is 5.32 Å². The second-order valence-electron chi connectivity index (χ2n) is 5.88. The zero-order valence-corrected chi connectivity index (χ0v) is 14.1. The molecular weight excluding hydrogens is 319 g/mol. The number of amides is 1. The molecule has 25 heavy (non-hydrogen) atoms. The summed E-state index contributed by atoms with van der Waals surface area (Å²) in [5.74, 6) is 0.301. The summed E-state index contributed by atoms with van der Waals surface area (Å²) < 4.78 is 14.7. The van der Waals surface area contributed by atoms with Crippen molar-refractivity contribution in [2.45, 2.75) is 26.3 Å². The maximum atomic E-state index is 12.9. The summed E-state index contributed by atoms with van der Waals surface area (Å²) in [6.07, 6.45) is 3.66. The van der Waals surface area contributed by atoms with Crippen molar-refractivity contribution in [2.24, 2.45) is 0 Å². The van der Waals surface area contributed by atoms with Gasteiger partial charge in [0.05, 0.1) is 18.7 Å². The third-order valence-electron chi connectivity index (χ3n) is 4.04. The number of hydrogen-bond acceptors (Lipinski definition) is 3. The van der Waals surface area contributed by atoms with Crippen LogP contribution in [0.5, 0.6) is 0 Å². The normalized spacial score (nSPS) is 12.0. The first kappa shape index (κ1) is 16.8. The van der Waals surface area contributed by atoms with Crippen LogP contribution in [0.2, 0.25) is 0 Å². The molecule has 0 aliphatic rings. The van der Waals surface area contributed by atoms with E-state index < -0.39 is 0 Å². The van der Waals surface area contributed by atoms with Crippen molar-refractivity contribution in [2.75, 3.05) is 0 Å². The van der Waals surface area contributed by atoms with E-state index >= 15 is 0 Å². The Balaban J connectivity index is 1.69. The van der Waals surface area contributed by atoms with E-state index in [0.717, 1.165) is 22.6 Å². The van der Waals surface area contributed by atoms with Gasteiger partial charge in [-0.15, -0.1) is 0 Å². The van der Waals surface area contributed by atoms with E-state index in [-0.39, 0.29) is 24.2 Å². The number of nitrogens with zero attached hydrogens (tertiary/aromatic N) is 3. The Labute approximate surface area is 145 Å². The van der Waals surface area contributed by atoms with Gasteiger partial charge in [-0.05, 0) is 43.7 Å². The molecule has 0 bridgehead atoms. The van der Waals surface area contributed by atoms with Crippen molar-refractivity contribution >= 4 is 5.91 Å². The molecular formula is C19H19FN4O. The summed E-state index contributed by atoms with van der Waals surface area (Å²) in [7, 11) is 0. The van der Waals surface area contributed by atoms with Gasteiger partial charge in [0.25, 0.3) is 0 Å². The van der Waals surface area contributed by atoms with Crippen LogP contribution in [-0.4, -0.2) is 20.7 Å². The van der Waals surface area contributed by atoms with Crippen molar-refractivity contribution in [1.82, 2.24) is 20.1 Å². The highest BCUT2D eigenvalue weighted by Crippen LogP contribution is 2.19. The number of halogens is 1. The fourth-order valence-corrected chi connectivity index (χ4v) is 2.72. The fourth-order valence-electron chi connectivity index (χ4n) is 2.72. The Morgan fingerprint density at radius 2 is 2.00 bits per heavy atom. The Bertz CT molecular complexity index is 859. The molecule has 1 N–H and O–H groups in total. The minimum atomic E-state index is -0.310. The number of carbonyl (C=O) groups is 1. The van der Waals surface area contributed by atoms with Gasteiger partial charge in [0.2, 0.25) is 5.91 Å². The van der Waals surface area contributed by atoms with Gasteiger partial charge in [-0.25, -0.2) is 14.1 Å². The van der Waals surface area contributed by atoms with Crippen LogP contribution in [0.3, 0.4) is 0 Å². The van der Waals surface area contributed by atoms with Crippen molar-refractivity contribution < 1.29 is 9.18 Å². The van der Waals surface area contributed by atoms with E-state index in [2.05, 4.69) is 15.4 Å². The zero-order valence-electron chi connectivity index (χ0n) is 14.1. The Morgan fingerprint density at radius 3 is 2.68 bits per heavy atom. The highest BCUT2D eigenvalue weighted by atomic mass is 19.1. The second-order valence-corrected chi connectivity index (χ2v) is 5.88. The smallest absolute Gasteiger partial charge is 0.224 e. The quantitative estimate of drug-likeness (QED) is 0.777. The highest BCUT2D eigenvalue weighted by molar-refractivity contribution is 5.79. The largest absolute Gasteiger partial charge is 0.349 e. The van der Waals surface area contributed by atoms with E-state index in [1.807, 2.05) is 32.0 Å². The maximum absolute atomic E-state index is 12.9. The maximum Gasteiger partial charge on any atom is 0.224 e. The van der Waals surface area contributed by atoms with Gasteiger partial charge in [0.15, 0.2) is 5.82 Å². The summed E-state index contributed by atoms with van der Waals surface area (Å²) in [5, 5.41) is 7.33. The van der Waals surface area contributed by atoms with Crippen LogP contribution in [0.15, 0.2) is 54.9 Å². The van der Waals surface area contributed by atoms with Gasteiger partial charge in [0, 0.05) is 17.5 Å². The SMILES string of the molecule is Cc1c([C@@H](C)NC(=O)Cc2ccc(F)cc2)cnn1-c1ccccn1. The van der Waals surface area contributed by atoms with E-state index in [0.29, 0.717) is 0 Å². The standard InChI is InChI=1S/C19H19FN4O/c1-13(23-19(25)11-15-6-8-16(20)9-7-15)17-12-22-24(14(17)2)18-5-3-4-10-21-18/h3-10,12-13H,11H2,1-2H3,(H,23,25)/t13-/m1/s1. The van der Waals surface area contributed by atoms with Gasteiger partial charge in [-0.1, -0.05) is 18.2 Å². The molecule has 2 heterocycles. The first-order valence-electron chi connectivity index (χ1n) is 8.04. The minimum absolute atomic E-state index is 0.121. The molecule has 1 amide bonds. The number of hydrogen-bond donors (Lipinski definition) is 1. The van der Waals surface area contributed by atoms with Crippen molar-refractivity contribution in [1.29, 1.82) is 0 Å². The van der Waals surface area contributed by atoms with Gasteiger partial charge in [-0.2, -0.15) is 5.10 Å². The molecule has 2 aromatic heterocycles. The fraction of sp³-hybridized carbons (Fsp3) is 0.211. The number of carbonyl (C=O) groups excluding carboxylic acids is 1. The van der Waals surface area contributed by atoms with E-state index in [4.69, 9.17) is 0 Å². The molecule has 1 aromatic carbocycles. The molecule has 0 unspecified atom stereocenters. The first-order chi connectivity index (χ1) is 12.0. The predicted molar refractivity (Wildman–Crippen MR) is 92.8 cm³/mol. The molecule has 3 aromatic rings. The summed E-state index contributed by atoms with van der Waals surface area (Å²) in [6, 6.07) is 11.4. The Kier molecular flexibility index (Phi) is 4.88. The van der Waals surface area contributed by atoms with E-state index in [9.17, 15) is 9.18 Å². The molecule has 0 saturated carbocycles. The lowest BCUT2D eigenvalue weighted by Crippen LogP contribution is -2.28. The molecule has 0 fully saturated rings. The molecule has 5 nitrogen and oxygen atoms in total. The number of aromatic nitrogens is 3. The summed E-state index contributed by atoms with van der Waals surface area (Å²) in [4.78, 5) is 16.5. The van der Waals surface area contributed by atoms with Gasteiger partial charge < -0.3 is 5.32 Å². The number of benzene rings is 1. The van der Waals surface area contributed by atoms with Crippen molar-refractivity contribution in [3.05, 3.63) is 77.5 Å². The highest BCUT2D eigenvalue weighted by Gasteiger charge is 2.16. The lowest BCUT2D eigenvalue weighted by atomic mass is 10.1. The van der Waals surface area contributed by atoms with Crippen molar-refractivity contribution in [3.63, 3.8) is 0 Å². The molecule has 6 heteroatoms. The molecule has 128 valence electrons. The average Bonchev–Trinajstić information content (AvgIpc) is 2.99. The molecule has 0 spiro atoms. The van der Waals surface area contributed by atoms with Crippen molar-refractivity contribution in [3.8, 4) is 5.82 Å². The van der Waals surface area contributed by atoms with Gasteiger partial charge >= 0.3 is 0 Å². The summed E-state index contributed by atoms with van der Waals surface area (Å²) in [5.41, 5.74) is 2.62. The molecule has 0 aliphatic heterocycles. The third-order valence-corrected chi connectivity index (χ3v) is 4.04. The Hall–Kier alpha value is -3.02. The molecule has 0 radical (unpaired) electrons. The summed E-state index contributed by atoms with van der Waals surface area (Å²) in [6.45, 7) is 3.86. The van der Waals surface area contributed by atoms with Crippen LogP contribution in [0.4, 0.5) is 4.39 Å². The zero-order chi connectivity index (χ0) is 17.8.